The Kier molecular flexibility index (Phi) is 6.56. The molecule has 78 valence electrons. The summed E-state index contributed by atoms with van der Waals surface area (Å²) in [6.45, 7) is 12.6. The molecule has 0 aliphatic carbocycles. The minimum atomic E-state index is -0.0806. The summed E-state index contributed by atoms with van der Waals surface area (Å²) in [5.41, 5.74) is 1.11. The molecule has 0 radical (unpaired) electrons. The van der Waals surface area contributed by atoms with Crippen molar-refractivity contribution in [3.8, 4) is 0 Å². The minimum Gasteiger partial charge on any atom is -0.289 e. The Morgan fingerprint density at radius 3 is 1.93 bits per heavy atom. The van der Waals surface area contributed by atoms with E-state index in [1.54, 1.807) is 30.4 Å². The van der Waals surface area contributed by atoms with Crippen LogP contribution in [0.15, 0.2) is 73.4 Å². The van der Waals surface area contributed by atoms with E-state index in [1.807, 2.05) is 13.0 Å². The number of rotatable bonds is 6. The Balaban J connectivity index is 5.17. The van der Waals surface area contributed by atoms with Gasteiger partial charge in [-0.05, 0) is 6.92 Å². The van der Waals surface area contributed by atoms with Crippen molar-refractivity contribution in [2.75, 3.05) is 0 Å². The lowest BCUT2D eigenvalue weighted by molar-refractivity contribution is -0.111. The van der Waals surface area contributed by atoms with E-state index in [2.05, 4.69) is 19.7 Å². The molecule has 1 nitrogen and oxygen atoms in total. The lowest BCUT2D eigenvalue weighted by atomic mass is 10.0. The van der Waals surface area contributed by atoms with Crippen LogP contribution < -0.4 is 0 Å². The molecule has 0 aliphatic rings. The molecule has 0 saturated carbocycles. The van der Waals surface area contributed by atoms with Crippen LogP contribution in [0.1, 0.15) is 6.92 Å². The summed E-state index contributed by atoms with van der Waals surface area (Å²) in [7, 11) is 0. The van der Waals surface area contributed by atoms with Gasteiger partial charge in [0, 0.05) is 11.1 Å². The van der Waals surface area contributed by atoms with Crippen LogP contribution in [-0.2, 0) is 4.79 Å². The number of ketones is 1. The fourth-order valence-corrected chi connectivity index (χ4v) is 1.04. The summed E-state index contributed by atoms with van der Waals surface area (Å²) in [6.07, 6.45) is 11.5. The maximum Gasteiger partial charge on any atom is 0.192 e. The highest BCUT2D eigenvalue weighted by Gasteiger charge is 2.08. The number of carbonyl (C=O) groups is 1. The van der Waals surface area contributed by atoms with Crippen LogP contribution in [0.25, 0.3) is 0 Å². The smallest absolute Gasteiger partial charge is 0.192 e. The van der Waals surface area contributed by atoms with Crippen LogP contribution in [0.3, 0.4) is 0 Å². The summed E-state index contributed by atoms with van der Waals surface area (Å²) >= 11 is 0. The molecule has 0 atom stereocenters. The highest BCUT2D eigenvalue weighted by Crippen LogP contribution is 2.09. The number of allylic oxidation sites excluding steroid dienone is 9. The van der Waals surface area contributed by atoms with Gasteiger partial charge in [-0.1, -0.05) is 62.3 Å². The standard InChI is InChI=1S/C14H16O/c1-5-9-12(8-4)14(15)13(10-6-2)11-7-3/h5-11H,1-2,4H2,3H3/b11-7-,12-9+,13-10+. The number of hydrogen-bond donors (Lipinski definition) is 0. The zero-order chi connectivity index (χ0) is 11.7. The molecule has 0 aliphatic heterocycles. The van der Waals surface area contributed by atoms with Gasteiger partial charge in [-0.15, -0.1) is 0 Å². The number of carbonyl (C=O) groups excluding carboxylic acids is 1. The second-order valence-electron chi connectivity index (χ2n) is 2.75. The van der Waals surface area contributed by atoms with Gasteiger partial charge in [0.15, 0.2) is 5.78 Å². The zero-order valence-electron chi connectivity index (χ0n) is 9.07. The van der Waals surface area contributed by atoms with Crippen LogP contribution in [0.4, 0.5) is 0 Å². The van der Waals surface area contributed by atoms with E-state index in [-0.39, 0.29) is 5.78 Å². The summed E-state index contributed by atoms with van der Waals surface area (Å²) in [6, 6.07) is 0. The first kappa shape index (κ1) is 13.1. The Labute approximate surface area is 91.5 Å². The van der Waals surface area contributed by atoms with Gasteiger partial charge in [-0.3, -0.25) is 4.79 Å². The van der Waals surface area contributed by atoms with Gasteiger partial charge in [0.1, 0.15) is 0 Å². The van der Waals surface area contributed by atoms with Gasteiger partial charge in [0.05, 0.1) is 0 Å². The maximum absolute atomic E-state index is 11.9. The van der Waals surface area contributed by atoms with Gasteiger partial charge in [0.25, 0.3) is 0 Å². The molecule has 0 amide bonds. The molecule has 0 aromatic rings. The third-order valence-electron chi connectivity index (χ3n) is 1.69. The molecule has 0 spiro atoms. The van der Waals surface area contributed by atoms with E-state index in [0.29, 0.717) is 11.1 Å². The SMILES string of the molecule is C=C/C=C(\C=C)C(=O)C(/C=C\C)=C/C=C. The average Bonchev–Trinajstić information content (AvgIpc) is 2.24. The molecule has 0 unspecified atom stereocenters. The first-order valence-corrected chi connectivity index (χ1v) is 4.66. The highest BCUT2D eigenvalue weighted by atomic mass is 16.1. The Morgan fingerprint density at radius 2 is 1.53 bits per heavy atom. The molecule has 1 heteroatoms. The van der Waals surface area contributed by atoms with E-state index in [4.69, 9.17) is 0 Å². The molecular formula is C14H16O. The molecule has 15 heavy (non-hydrogen) atoms. The fraction of sp³-hybridized carbons (Fsp3) is 0.0714. The summed E-state index contributed by atoms with van der Waals surface area (Å²) in [4.78, 5) is 11.9. The maximum atomic E-state index is 11.9. The van der Waals surface area contributed by atoms with Crippen LogP contribution in [0.5, 0.6) is 0 Å². The van der Waals surface area contributed by atoms with Crippen molar-refractivity contribution in [3.05, 3.63) is 73.4 Å². The van der Waals surface area contributed by atoms with E-state index in [9.17, 15) is 4.79 Å². The molecule has 0 rings (SSSR count). The fourth-order valence-electron chi connectivity index (χ4n) is 1.04. The topological polar surface area (TPSA) is 17.1 Å². The Bertz CT molecular complexity index is 352. The summed E-state index contributed by atoms with van der Waals surface area (Å²) < 4.78 is 0. The van der Waals surface area contributed by atoms with Crippen molar-refractivity contribution >= 4 is 5.78 Å². The molecule has 0 fully saturated rings. The second-order valence-corrected chi connectivity index (χ2v) is 2.75. The largest absolute Gasteiger partial charge is 0.289 e. The van der Waals surface area contributed by atoms with Crippen LogP contribution in [0.2, 0.25) is 0 Å². The second kappa shape index (κ2) is 7.51. The van der Waals surface area contributed by atoms with E-state index >= 15 is 0 Å². The molecule has 0 heterocycles. The van der Waals surface area contributed by atoms with E-state index in [1.165, 1.54) is 6.08 Å². The van der Waals surface area contributed by atoms with Crippen LogP contribution in [-0.4, -0.2) is 5.78 Å². The van der Waals surface area contributed by atoms with E-state index in [0.717, 1.165) is 0 Å². The molecule has 0 aromatic heterocycles. The van der Waals surface area contributed by atoms with Crippen molar-refractivity contribution in [1.82, 2.24) is 0 Å². The predicted octanol–water partition coefficient (Wildman–Crippen LogP) is 3.54. The molecule has 0 saturated heterocycles. The van der Waals surface area contributed by atoms with Gasteiger partial charge in [-0.25, -0.2) is 0 Å². The van der Waals surface area contributed by atoms with Gasteiger partial charge < -0.3 is 0 Å². The van der Waals surface area contributed by atoms with Crippen molar-refractivity contribution in [3.63, 3.8) is 0 Å². The van der Waals surface area contributed by atoms with E-state index < -0.39 is 0 Å². The third kappa shape index (κ3) is 4.23. The Hall–Kier alpha value is -1.89. The quantitative estimate of drug-likeness (QED) is 0.473. The zero-order valence-corrected chi connectivity index (χ0v) is 9.07. The normalized spacial score (nSPS) is 12.6. The predicted molar refractivity (Wildman–Crippen MR) is 66.6 cm³/mol. The molecule has 0 bridgehead atoms. The molecule has 0 N–H and O–H groups in total. The van der Waals surface area contributed by atoms with Gasteiger partial charge >= 0.3 is 0 Å². The van der Waals surface area contributed by atoms with Crippen LogP contribution in [0, 0.1) is 0 Å². The monoisotopic (exact) mass is 200 g/mol. The average molecular weight is 200 g/mol. The Morgan fingerprint density at radius 1 is 1.00 bits per heavy atom. The van der Waals surface area contributed by atoms with Crippen molar-refractivity contribution < 1.29 is 4.79 Å². The summed E-state index contributed by atoms with van der Waals surface area (Å²) in [5, 5.41) is 0. The lowest BCUT2D eigenvalue weighted by Gasteiger charge is -2.00. The minimum absolute atomic E-state index is 0.0806. The van der Waals surface area contributed by atoms with Gasteiger partial charge in [0.2, 0.25) is 0 Å². The lowest BCUT2D eigenvalue weighted by Crippen LogP contribution is -2.02. The number of hydrogen-bond acceptors (Lipinski definition) is 1. The first-order chi connectivity index (χ1) is 7.21. The summed E-state index contributed by atoms with van der Waals surface area (Å²) in [5.74, 6) is -0.0806. The van der Waals surface area contributed by atoms with Crippen molar-refractivity contribution in [1.29, 1.82) is 0 Å². The third-order valence-corrected chi connectivity index (χ3v) is 1.69. The van der Waals surface area contributed by atoms with Crippen molar-refractivity contribution in [2.24, 2.45) is 0 Å². The van der Waals surface area contributed by atoms with Crippen molar-refractivity contribution in [2.45, 2.75) is 6.92 Å². The number of Topliss-reactive ketones (excluding diaryl/α,β-unsaturated/α-hetero) is 1. The van der Waals surface area contributed by atoms with Gasteiger partial charge in [-0.2, -0.15) is 0 Å². The molecular weight excluding hydrogens is 184 g/mol. The first-order valence-electron chi connectivity index (χ1n) is 4.66. The molecule has 0 aromatic carbocycles. The van der Waals surface area contributed by atoms with Crippen LogP contribution >= 0.6 is 0 Å². The highest BCUT2D eigenvalue weighted by molar-refractivity contribution is 6.12.